The van der Waals surface area contributed by atoms with Crippen LogP contribution >= 0.6 is 0 Å². The predicted molar refractivity (Wildman–Crippen MR) is 73.0 cm³/mol. The molecule has 1 heterocycles. The zero-order valence-corrected chi connectivity index (χ0v) is 12.1. The normalized spacial score (nSPS) is 11.5. The van der Waals surface area contributed by atoms with Crippen molar-refractivity contribution in [3.05, 3.63) is 45.5 Å². The molecular weight excluding hydrogens is 298 g/mol. The summed E-state index contributed by atoms with van der Waals surface area (Å²) in [7, 11) is -3.87. The van der Waals surface area contributed by atoms with Crippen LogP contribution in [-0.4, -0.2) is 28.5 Å². The molecule has 0 aliphatic carbocycles. The summed E-state index contributed by atoms with van der Waals surface area (Å²) in [6.45, 7) is 3.12. The Bertz CT molecular complexity index is 770. The summed E-state index contributed by atoms with van der Waals surface area (Å²) < 4.78 is 26.6. The second kappa shape index (κ2) is 5.58. The van der Waals surface area contributed by atoms with Gasteiger partial charge >= 0.3 is 0 Å². The maximum absolute atomic E-state index is 12.2. The Balaban J connectivity index is 2.33. The number of rotatable bonds is 5. The molecule has 1 aromatic carbocycles. The summed E-state index contributed by atoms with van der Waals surface area (Å²) in [6.07, 6.45) is 1.25. The first-order valence-corrected chi connectivity index (χ1v) is 7.39. The van der Waals surface area contributed by atoms with Gasteiger partial charge in [0.05, 0.1) is 16.4 Å². The van der Waals surface area contributed by atoms with E-state index < -0.39 is 14.9 Å². The number of nitrogens with zero attached hydrogens (tertiary/aromatic N) is 3. The Morgan fingerprint density at radius 1 is 1.38 bits per heavy atom. The molecule has 2 aromatic rings. The van der Waals surface area contributed by atoms with Gasteiger partial charge in [0.1, 0.15) is 12.2 Å². The number of hydrogen-bond donors (Lipinski definition) is 2. The molecule has 9 nitrogen and oxygen atoms in total. The van der Waals surface area contributed by atoms with Crippen molar-refractivity contribution in [1.82, 2.24) is 19.9 Å². The molecule has 112 valence electrons. The van der Waals surface area contributed by atoms with Crippen LogP contribution in [0.4, 0.5) is 5.69 Å². The molecule has 0 aliphatic heterocycles. The van der Waals surface area contributed by atoms with E-state index in [2.05, 4.69) is 19.9 Å². The predicted octanol–water partition coefficient (Wildman–Crippen LogP) is 0.808. The number of aromatic nitrogens is 3. The third-order valence-corrected chi connectivity index (χ3v) is 4.40. The summed E-state index contributed by atoms with van der Waals surface area (Å²) in [5.41, 5.74) is 0.744. The Morgan fingerprint density at radius 2 is 2.10 bits per heavy atom. The van der Waals surface area contributed by atoms with Gasteiger partial charge in [-0.05, 0) is 25.5 Å². The molecule has 0 amide bonds. The summed E-state index contributed by atoms with van der Waals surface area (Å²) in [5, 5.41) is 17.1. The molecule has 21 heavy (non-hydrogen) atoms. The van der Waals surface area contributed by atoms with E-state index in [4.69, 9.17) is 0 Å². The lowest BCUT2D eigenvalue weighted by Gasteiger charge is -2.08. The van der Waals surface area contributed by atoms with Crippen LogP contribution in [0.1, 0.15) is 17.0 Å². The van der Waals surface area contributed by atoms with Crippen molar-refractivity contribution >= 4 is 15.7 Å². The Hall–Kier alpha value is -2.33. The van der Waals surface area contributed by atoms with Crippen LogP contribution in [0.3, 0.4) is 0 Å². The number of nitro groups is 1. The molecule has 0 bridgehead atoms. The highest BCUT2D eigenvalue weighted by Crippen LogP contribution is 2.25. The van der Waals surface area contributed by atoms with Crippen molar-refractivity contribution in [3.63, 3.8) is 0 Å². The standard InChI is InChI=1S/C11H13N5O4S/c1-7-3-9(4-10(8(7)2)16(17)18)21(19,20)14-5-11-12-6-13-15-11/h3-4,6,14H,5H2,1-2H3,(H,12,13,15). The third-order valence-electron chi connectivity index (χ3n) is 3.02. The molecule has 0 unspecified atom stereocenters. The summed E-state index contributed by atoms with van der Waals surface area (Å²) in [6, 6.07) is 2.44. The molecule has 0 aliphatic rings. The molecule has 2 rings (SSSR count). The van der Waals surface area contributed by atoms with E-state index in [0.29, 0.717) is 17.0 Å². The number of benzene rings is 1. The second-order valence-corrected chi connectivity index (χ2v) is 6.17. The smallest absolute Gasteiger partial charge is 0.262 e. The van der Waals surface area contributed by atoms with Gasteiger partial charge < -0.3 is 0 Å². The van der Waals surface area contributed by atoms with Gasteiger partial charge in [0, 0.05) is 11.6 Å². The molecule has 0 fully saturated rings. The van der Waals surface area contributed by atoms with Gasteiger partial charge in [0.25, 0.3) is 5.69 Å². The van der Waals surface area contributed by atoms with Gasteiger partial charge in [0.2, 0.25) is 10.0 Å². The molecule has 1 aromatic heterocycles. The van der Waals surface area contributed by atoms with Crippen LogP contribution in [0, 0.1) is 24.0 Å². The average molecular weight is 311 g/mol. The summed E-state index contributed by atoms with van der Waals surface area (Å²) in [4.78, 5) is 14.0. The average Bonchev–Trinajstić information content (AvgIpc) is 2.92. The topological polar surface area (TPSA) is 131 Å². The Kier molecular flexibility index (Phi) is 4.00. The lowest BCUT2D eigenvalue weighted by molar-refractivity contribution is -0.385. The van der Waals surface area contributed by atoms with E-state index in [-0.39, 0.29) is 17.1 Å². The number of sulfonamides is 1. The summed E-state index contributed by atoms with van der Waals surface area (Å²) in [5.74, 6) is 0.344. The molecule has 0 atom stereocenters. The number of nitro benzene ring substituents is 1. The van der Waals surface area contributed by atoms with E-state index in [0.717, 1.165) is 6.07 Å². The van der Waals surface area contributed by atoms with Crippen LogP contribution in [0.2, 0.25) is 0 Å². The van der Waals surface area contributed by atoms with E-state index >= 15 is 0 Å². The molecular formula is C11H13N5O4S. The molecule has 0 radical (unpaired) electrons. The highest BCUT2D eigenvalue weighted by molar-refractivity contribution is 7.89. The quantitative estimate of drug-likeness (QED) is 0.620. The van der Waals surface area contributed by atoms with Crippen LogP contribution < -0.4 is 4.72 Å². The zero-order chi connectivity index (χ0) is 15.6. The Morgan fingerprint density at radius 3 is 2.67 bits per heavy atom. The fraction of sp³-hybridized carbons (Fsp3) is 0.273. The minimum absolute atomic E-state index is 0.0803. The van der Waals surface area contributed by atoms with Crippen molar-refractivity contribution in [2.75, 3.05) is 0 Å². The first-order valence-electron chi connectivity index (χ1n) is 5.91. The van der Waals surface area contributed by atoms with Crippen molar-refractivity contribution in [2.24, 2.45) is 0 Å². The molecule has 2 N–H and O–H groups in total. The van der Waals surface area contributed by atoms with Crippen LogP contribution in [-0.2, 0) is 16.6 Å². The lowest BCUT2D eigenvalue weighted by atomic mass is 10.1. The van der Waals surface area contributed by atoms with Crippen LogP contribution in [0.15, 0.2) is 23.4 Å². The summed E-state index contributed by atoms with van der Waals surface area (Å²) >= 11 is 0. The van der Waals surface area contributed by atoms with Crippen molar-refractivity contribution in [2.45, 2.75) is 25.3 Å². The number of aryl methyl sites for hydroxylation is 1. The van der Waals surface area contributed by atoms with Gasteiger partial charge in [0.15, 0.2) is 0 Å². The number of H-pyrrole nitrogens is 1. The molecule has 0 saturated heterocycles. The zero-order valence-electron chi connectivity index (χ0n) is 11.3. The van der Waals surface area contributed by atoms with E-state index in [1.807, 2.05) is 0 Å². The van der Waals surface area contributed by atoms with Crippen molar-refractivity contribution < 1.29 is 13.3 Å². The first kappa shape index (κ1) is 15.1. The van der Waals surface area contributed by atoms with Crippen molar-refractivity contribution in [3.8, 4) is 0 Å². The molecule has 10 heteroatoms. The minimum atomic E-state index is -3.87. The third kappa shape index (κ3) is 3.23. The fourth-order valence-corrected chi connectivity index (χ4v) is 2.81. The molecule has 0 saturated carbocycles. The van der Waals surface area contributed by atoms with Gasteiger partial charge in [-0.25, -0.2) is 18.1 Å². The largest absolute Gasteiger partial charge is 0.273 e. The van der Waals surface area contributed by atoms with Gasteiger partial charge in [-0.1, -0.05) is 0 Å². The molecule has 0 spiro atoms. The van der Waals surface area contributed by atoms with E-state index in [1.54, 1.807) is 13.8 Å². The monoisotopic (exact) mass is 311 g/mol. The van der Waals surface area contributed by atoms with Gasteiger partial charge in [-0.3, -0.25) is 15.2 Å². The SMILES string of the molecule is Cc1cc(S(=O)(=O)NCc2ncn[nH]2)cc([N+](=O)[O-])c1C. The van der Waals surface area contributed by atoms with Crippen molar-refractivity contribution in [1.29, 1.82) is 0 Å². The Labute approximate surface area is 120 Å². The maximum Gasteiger partial charge on any atom is 0.273 e. The fourth-order valence-electron chi connectivity index (χ4n) is 1.72. The van der Waals surface area contributed by atoms with Crippen LogP contribution in [0.5, 0.6) is 0 Å². The van der Waals surface area contributed by atoms with E-state index in [1.165, 1.54) is 12.4 Å². The first-order chi connectivity index (χ1) is 9.81. The van der Waals surface area contributed by atoms with Crippen LogP contribution in [0.25, 0.3) is 0 Å². The minimum Gasteiger partial charge on any atom is -0.262 e. The number of hydrogen-bond acceptors (Lipinski definition) is 6. The van der Waals surface area contributed by atoms with Gasteiger partial charge in [-0.2, -0.15) is 5.10 Å². The number of aromatic amines is 1. The second-order valence-electron chi connectivity index (χ2n) is 4.40. The maximum atomic E-state index is 12.2. The lowest BCUT2D eigenvalue weighted by Crippen LogP contribution is -2.24. The van der Waals surface area contributed by atoms with Gasteiger partial charge in [-0.15, -0.1) is 0 Å². The van der Waals surface area contributed by atoms with E-state index in [9.17, 15) is 18.5 Å². The number of nitrogens with one attached hydrogen (secondary N) is 2. The highest BCUT2D eigenvalue weighted by Gasteiger charge is 2.21. The highest BCUT2D eigenvalue weighted by atomic mass is 32.2.